The fraction of sp³-hybridized carbons (Fsp3) is 0.556. The van der Waals surface area contributed by atoms with Crippen molar-refractivity contribution in [2.24, 2.45) is 12.8 Å². The Labute approximate surface area is 105 Å². The number of carbonyl (C=O) groups is 1. The Morgan fingerprint density at radius 2 is 2.17 bits per heavy atom. The van der Waals surface area contributed by atoms with Crippen LogP contribution >= 0.6 is 0 Å². The van der Waals surface area contributed by atoms with Crippen molar-refractivity contribution in [3.63, 3.8) is 0 Å². The Bertz CT molecular complexity index is 554. The number of aromatic nitrogens is 2. The molecule has 18 heavy (non-hydrogen) atoms. The molecule has 0 atom stereocenters. The van der Waals surface area contributed by atoms with E-state index in [1.807, 2.05) is 0 Å². The molecule has 0 spiro atoms. The summed E-state index contributed by atoms with van der Waals surface area (Å²) in [6, 6.07) is -0.844. The highest BCUT2D eigenvalue weighted by atomic mass is 32.2. The number of nitrogens with zero attached hydrogens (tertiary/aromatic N) is 3. The van der Waals surface area contributed by atoms with Gasteiger partial charge in [0.2, 0.25) is 0 Å². The smallest absolute Gasteiger partial charge is 0.314 e. The predicted molar refractivity (Wildman–Crippen MR) is 63.2 cm³/mol. The number of hydrogen-bond acceptors (Lipinski definition) is 4. The van der Waals surface area contributed by atoms with Gasteiger partial charge in [-0.1, -0.05) is 0 Å². The molecule has 1 aliphatic heterocycles. The molecule has 3 N–H and O–H groups in total. The zero-order chi connectivity index (χ0) is 13.5. The minimum Gasteiger partial charge on any atom is -0.351 e. The van der Waals surface area contributed by atoms with Crippen molar-refractivity contribution in [2.75, 3.05) is 13.1 Å². The van der Waals surface area contributed by atoms with Crippen molar-refractivity contribution in [1.29, 1.82) is 0 Å². The average molecular weight is 273 g/mol. The number of aryl methyl sites for hydroxylation is 2. The lowest BCUT2D eigenvalue weighted by Crippen LogP contribution is -2.62. The first-order valence-corrected chi connectivity index (χ1v) is 6.84. The molecule has 2 amide bonds. The molecule has 1 aromatic heterocycles. The lowest BCUT2D eigenvalue weighted by molar-refractivity contribution is 0.155. The van der Waals surface area contributed by atoms with Crippen LogP contribution in [0.15, 0.2) is 11.2 Å². The molecule has 8 nitrogen and oxygen atoms in total. The predicted octanol–water partition coefficient (Wildman–Crippen LogP) is -1.23. The number of nitrogens with two attached hydrogens (primary N) is 1. The van der Waals surface area contributed by atoms with Gasteiger partial charge in [-0.2, -0.15) is 0 Å². The van der Waals surface area contributed by atoms with E-state index in [4.69, 9.17) is 5.73 Å². The summed E-state index contributed by atoms with van der Waals surface area (Å²) < 4.78 is 28.0. The van der Waals surface area contributed by atoms with Crippen molar-refractivity contribution >= 4 is 16.1 Å². The number of sulfonamides is 1. The van der Waals surface area contributed by atoms with E-state index in [2.05, 4.69) is 9.71 Å². The molecule has 2 heterocycles. The van der Waals surface area contributed by atoms with Gasteiger partial charge < -0.3 is 15.2 Å². The largest absolute Gasteiger partial charge is 0.351 e. The van der Waals surface area contributed by atoms with Gasteiger partial charge in [0.25, 0.3) is 10.0 Å². The van der Waals surface area contributed by atoms with Crippen molar-refractivity contribution in [3.05, 3.63) is 12.0 Å². The molecule has 0 bridgehead atoms. The third kappa shape index (κ3) is 2.31. The number of nitrogens with one attached hydrogen (secondary N) is 1. The zero-order valence-corrected chi connectivity index (χ0v) is 10.9. The number of amides is 2. The molecule has 9 heteroatoms. The second-order valence-electron chi connectivity index (χ2n) is 4.30. The van der Waals surface area contributed by atoms with Gasteiger partial charge in [-0.25, -0.2) is 22.9 Å². The molecule has 1 aromatic rings. The van der Waals surface area contributed by atoms with Crippen LogP contribution in [0.5, 0.6) is 0 Å². The van der Waals surface area contributed by atoms with Gasteiger partial charge in [0.15, 0.2) is 5.03 Å². The Hall–Kier alpha value is -1.61. The first-order chi connectivity index (χ1) is 8.29. The van der Waals surface area contributed by atoms with Crippen LogP contribution in [0.2, 0.25) is 0 Å². The number of imidazole rings is 1. The molecule has 0 aliphatic carbocycles. The van der Waals surface area contributed by atoms with Crippen LogP contribution in [-0.2, 0) is 17.1 Å². The molecule has 1 saturated heterocycles. The molecule has 0 unspecified atom stereocenters. The van der Waals surface area contributed by atoms with E-state index in [9.17, 15) is 13.2 Å². The van der Waals surface area contributed by atoms with E-state index >= 15 is 0 Å². The SMILES string of the molecule is Cc1nc(S(=O)(=O)NC2CN(C(N)=O)C2)cn1C. The first-order valence-electron chi connectivity index (χ1n) is 5.36. The lowest BCUT2D eigenvalue weighted by atomic mass is 10.1. The third-order valence-corrected chi connectivity index (χ3v) is 4.27. The highest BCUT2D eigenvalue weighted by Gasteiger charge is 2.33. The Balaban J connectivity index is 2.03. The van der Waals surface area contributed by atoms with Gasteiger partial charge in [-0.3, -0.25) is 0 Å². The van der Waals surface area contributed by atoms with Gasteiger partial charge in [0.05, 0.1) is 6.04 Å². The van der Waals surface area contributed by atoms with Gasteiger partial charge in [-0.15, -0.1) is 0 Å². The molecular weight excluding hydrogens is 258 g/mol. The second-order valence-corrected chi connectivity index (χ2v) is 5.96. The van der Waals surface area contributed by atoms with Crippen LogP contribution in [0, 0.1) is 6.92 Å². The molecule has 0 aromatic carbocycles. The Morgan fingerprint density at radius 3 is 2.61 bits per heavy atom. The van der Waals surface area contributed by atoms with Crippen molar-refractivity contribution in [2.45, 2.75) is 18.0 Å². The molecule has 2 rings (SSSR count). The fourth-order valence-corrected chi connectivity index (χ4v) is 2.93. The number of carbonyl (C=O) groups excluding carboxylic acids is 1. The summed E-state index contributed by atoms with van der Waals surface area (Å²) in [6.07, 6.45) is 1.45. The monoisotopic (exact) mass is 273 g/mol. The van der Waals surface area contributed by atoms with E-state index in [1.165, 1.54) is 11.1 Å². The van der Waals surface area contributed by atoms with Crippen LogP contribution < -0.4 is 10.5 Å². The summed E-state index contributed by atoms with van der Waals surface area (Å²) in [5.74, 6) is 0.614. The number of primary amides is 1. The molecule has 1 aliphatic rings. The molecule has 1 fully saturated rings. The number of likely N-dealkylation sites (tertiary alicyclic amines) is 1. The summed E-state index contributed by atoms with van der Waals surface area (Å²) in [5, 5.41) is -0.0139. The van der Waals surface area contributed by atoms with Crippen molar-refractivity contribution in [3.8, 4) is 0 Å². The van der Waals surface area contributed by atoms with Gasteiger partial charge in [0, 0.05) is 26.3 Å². The Morgan fingerprint density at radius 1 is 1.56 bits per heavy atom. The highest BCUT2D eigenvalue weighted by Crippen LogP contribution is 2.12. The Kier molecular flexibility index (Phi) is 3.03. The summed E-state index contributed by atoms with van der Waals surface area (Å²) >= 11 is 0. The maximum Gasteiger partial charge on any atom is 0.314 e. The number of rotatable bonds is 3. The second kappa shape index (κ2) is 4.25. The minimum atomic E-state index is -3.63. The summed E-state index contributed by atoms with van der Waals surface area (Å²) in [7, 11) is -1.91. The van der Waals surface area contributed by atoms with E-state index < -0.39 is 16.1 Å². The van der Waals surface area contributed by atoms with Crippen LogP contribution in [0.25, 0.3) is 0 Å². The van der Waals surface area contributed by atoms with Crippen LogP contribution in [0.3, 0.4) is 0 Å². The maximum atomic E-state index is 12.0. The van der Waals surface area contributed by atoms with Gasteiger partial charge in [0.1, 0.15) is 5.82 Å². The summed E-state index contributed by atoms with van der Waals surface area (Å²) in [6.45, 7) is 2.30. The number of urea groups is 1. The van der Waals surface area contributed by atoms with E-state index in [-0.39, 0.29) is 11.1 Å². The molecule has 0 saturated carbocycles. The molecule has 100 valence electrons. The third-order valence-electron chi connectivity index (χ3n) is 2.88. The standard InChI is InChI=1S/C9H15N5O3S/c1-6-11-8(5-13(6)2)18(16,17)12-7-3-14(4-7)9(10)15/h5,7,12H,3-4H2,1-2H3,(H2,10,15). The topological polar surface area (TPSA) is 110 Å². The summed E-state index contributed by atoms with van der Waals surface area (Å²) in [5.41, 5.74) is 5.05. The average Bonchev–Trinajstić information content (AvgIpc) is 2.53. The van der Waals surface area contributed by atoms with Crippen molar-refractivity contribution in [1.82, 2.24) is 19.2 Å². The summed E-state index contributed by atoms with van der Waals surface area (Å²) in [4.78, 5) is 16.1. The quantitative estimate of drug-likeness (QED) is 0.718. The van der Waals surface area contributed by atoms with Crippen LogP contribution in [0.1, 0.15) is 5.82 Å². The van der Waals surface area contributed by atoms with E-state index in [0.29, 0.717) is 18.9 Å². The zero-order valence-electron chi connectivity index (χ0n) is 10.1. The lowest BCUT2D eigenvalue weighted by Gasteiger charge is -2.37. The van der Waals surface area contributed by atoms with Crippen molar-refractivity contribution < 1.29 is 13.2 Å². The molecular formula is C9H15N5O3S. The van der Waals surface area contributed by atoms with Crippen LogP contribution in [-0.4, -0.2) is 48.0 Å². The number of hydrogen-bond donors (Lipinski definition) is 2. The van der Waals surface area contributed by atoms with Crippen LogP contribution in [0.4, 0.5) is 4.79 Å². The first kappa shape index (κ1) is 12.8. The maximum absolute atomic E-state index is 12.0. The van der Waals surface area contributed by atoms with Gasteiger partial charge in [-0.05, 0) is 6.92 Å². The fourth-order valence-electron chi connectivity index (χ4n) is 1.67. The normalized spacial score (nSPS) is 16.7. The van der Waals surface area contributed by atoms with Gasteiger partial charge >= 0.3 is 6.03 Å². The molecule has 0 radical (unpaired) electrons. The van der Waals surface area contributed by atoms with E-state index in [1.54, 1.807) is 18.5 Å². The minimum absolute atomic E-state index is 0.0139. The van der Waals surface area contributed by atoms with E-state index in [0.717, 1.165) is 0 Å². The highest BCUT2D eigenvalue weighted by molar-refractivity contribution is 7.89.